The summed E-state index contributed by atoms with van der Waals surface area (Å²) in [5, 5.41) is 21.7. The number of tetrazole rings is 1. The summed E-state index contributed by atoms with van der Waals surface area (Å²) < 4.78 is 6.35. The second kappa shape index (κ2) is 15.2. The normalized spacial score (nSPS) is 18.4. The van der Waals surface area contributed by atoms with Crippen LogP contribution in [0.3, 0.4) is 0 Å². The van der Waals surface area contributed by atoms with Crippen LogP contribution in [-0.2, 0) is 9.53 Å². The van der Waals surface area contributed by atoms with Crippen LogP contribution in [-0.4, -0.2) is 74.9 Å². The third kappa shape index (κ3) is 8.32. The predicted molar refractivity (Wildman–Crippen MR) is 181 cm³/mol. The summed E-state index contributed by atoms with van der Waals surface area (Å²) in [6, 6.07) is 15.1. The van der Waals surface area contributed by atoms with Crippen LogP contribution in [0.25, 0.3) is 22.9 Å². The van der Waals surface area contributed by atoms with E-state index in [4.69, 9.17) is 21.3 Å². The van der Waals surface area contributed by atoms with Gasteiger partial charge in [0.2, 0.25) is 5.91 Å². The maximum atomic E-state index is 13.4. The molecule has 2 bridgehead atoms. The number of carbonyl (C=O) groups excluding carboxylic acids is 2. The number of likely N-dealkylation sites (tertiary alicyclic amines) is 1. The lowest BCUT2D eigenvalue weighted by Crippen LogP contribution is -2.35. The molecule has 3 N–H and O–H groups in total. The van der Waals surface area contributed by atoms with Crippen LogP contribution in [0.15, 0.2) is 67.1 Å². The number of aromatic nitrogens is 5. The number of methoxy groups -OCH3 is 1. The summed E-state index contributed by atoms with van der Waals surface area (Å²) in [7, 11) is 1.35. The standard InChI is InChI=1S/C34H38ClN9O3/c1-47-34(46)39-26-10-11-28-23-14-15-36-31(19-23)29(7-3-2-6-27(38-30(28)20-26)21-43-16-4-5-17-43)40-33(45)13-8-24-18-25(35)9-12-32(24)44-22-37-41-42-44/h8-15,18-20,22,27,29,38H,2-7,16-17,21H2,1H3,(H,39,46)(H,40,45)/b13-8+/t27-,29+/m1/s1. The largest absolute Gasteiger partial charge is 0.453 e. The number of halogens is 1. The molecule has 2 atom stereocenters. The molecular weight excluding hydrogens is 618 g/mol. The smallest absolute Gasteiger partial charge is 0.411 e. The lowest BCUT2D eigenvalue weighted by atomic mass is 9.96. The first kappa shape index (κ1) is 32.1. The van der Waals surface area contributed by atoms with E-state index in [2.05, 4.69) is 36.4 Å². The monoisotopic (exact) mass is 655 g/mol. The van der Waals surface area contributed by atoms with E-state index in [1.807, 2.05) is 30.3 Å². The lowest BCUT2D eigenvalue weighted by Gasteiger charge is -2.28. The van der Waals surface area contributed by atoms with Gasteiger partial charge in [0, 0.05) is 52.4 Å². The Labute approximate surface area is 278 Å². The molecule has 1 saturated heterocycles. The van der Waals surface area contributed by atoms with Gasteiger partial charge in [0.1, 0.15) is 6.33 Å². The maximum absolute atomic E-state index is 13.4. The zero-order valence-corrected chi connectivity index (χ0v) is 27.0. The minimum Gasteiger partial charge on any atom is -0.453 e. The van der Waals surface area contributed by atoms with Crippen molar-refractivity contribution < 1.29 is 14.3 Å². The van der Waals surface area contributed by atoms with Gasteiger partial charge in [0.05, 0.1) is 24.5 Å². The van der Waals surface area contributed by atoms with E-state index in [1.54, 1.807) is 30.5 Å². The highest BCUT2D eigenvalue weighted by Gasteiger charge is 2.22. The number of fused-ring (bicyclic) bond motifs is 4. The van der Waals surface area contributed by atoms with Gasteiger partial charge in [-0.25, -0.2) is 4.79 Å². The molecule has 2 aliphatic heterocycles. The van der Waals surface area contributed by atoms with Gasteiger partial charge >= 0.3 is 6.09 Å². The SMILES string of the molecule is COC(=O)Nc1ccc2c(c1)N[C@@H](CN1CCCC1)CCCC[C@H](NC(=O)/C=C/c1cc(Cl)ccc1-n1cnnn1)c1cc-2ccn1. The molecule has 1 fully saturated rings. The highest BCUT2D eigenvalue weighted by Crippen LogP contribution is 2.34. The molecule has 0 aliphatic carbocycles. The summed E-state index contributed by atoms with van der Waals surface area (Å²) in [4.78, 5) is 32.6. The Hall–Kier alpha value is -4.81. The predicted octanol–water partition coefficient (Wildman–Crippen LogP) is 5.88. The van der Waals surface area contributed by atoms with Gasteiger partial charge in [-0.2, -0.15) is 4.68 Å². The van der Waals surface area contributed by atoms with E-state index in [0.717, 1.165) is 67.8 Å². The Kier molecular flexibility index (Phi) is 10.4. The second-order valence-corrected chi connectivity index (χ2v) is 12.3. The van der Waals surface area contributed by atoms with Crippen molar-refractivity contribution >= 4 is 41.1 Å². The first-order chi connectivity index (χ1) is 22.9. The second-order valence-electron chi connectivity index (χ2n) is 11.8. The van der Waals surface area contributed by atoms with Crippen molar-refractivity contribution in [2.45, 2.75) is 50.6 Å². The highest BCUT2D eigenvalue weighted by atomic mass is 35.5. The Morgan fingerprint density at radius 1 is 1.06 bits per heavy atom. The number of benzene rings is 2. The van der Waals surface area contributed by atoms with Crippen LogP contribution in [0.1, 0.15) is 55.8 Å². The Bertz CT molecular complexity index is 1720. The van der Waals surface area contributed by atoms with Gasteiger partial charge in [-0.15, -0.1) is 5.10 Å². The number of nitrogens with one attached hydrogen (secondary N) is 3. The van der Waals surface area contributed by atoms with Gasteiger partial charge in [-0.1, -0.05) is 30.5 Å². The average Bonchev–Trinajstić information content (AvgIpc) is 3.80. The fourth-order valence-corrected chi connectivity index (χ4v) is 6.41. The number of hydrogen-bond acceptors (Lipinski definition) is 9. The Morgan fingerprint density at radius 2 is 1.91 bits per heavy atom. The maximum Gasteiger partial charge on any atom is 0.411 e. The van der Waals surface area contributed by atoms with Gasteiger partial charge in [0.15, 0.2) is 0 Å². The number of anilines is 2. The number of hydrogen-bond donors (Lipinski definition) is 3. The van der Waals surface area contributed by atoms with E-state index >= 15 is 0 Å². The fourth-order valence-electron chi connectivity index (χ4n) is 6.23. The number of rotatable bonds is 7. The third-order valence-electron chi connectivity index (χ3n) is 8.55. The molecule has 13 heteroatoms. The Morgan fingerprint density at radius 3 is 2.72 bits per heavy atom. The number of nitrogens with zero attached hydrogens (tertiary/aromatic N) is 6. The molecule has 2 aromatic heterocycles. The van der Waals surface area contributed by atoms with E-state index in [9.17, 15) is 9.59 Å². The molecule has 47 heavy (non-hydrogen) atoms. The quantitative estimate of drug-likeness (QED) is 0.208. The molecule has 0 saturated carbocycles. The molecule has 0 unspecified atom stereocenters. The first-order valence-electron chi connectivity index (χ1n) is 15.9. The zero-order chi connectivity index (χ0) is 32.6. The molecule has 244 valence electrons. The number of carbonyl (C=O) groups is 2. The van der Waals surface area contributed by atoms with Crippen LogP contribution in [0.5, 0.6) is 0 Å². The summed E-state index contributed by atoms with van der Waals surface area (Å²) in [6.07, 6.45) is 12.0. The van der Waals surface area contributed by atoms with Crippen molar-refractivity contribution in [1.82, 2.24) is 35.4 Å². The number of pyridine rings is 1. The van der Waals surface area contributed by atoms with E-state index < -0.39 is 6.09 Å². The topological polar surface area (TPSA) is 139 Å². The Balaban J connectivity index is 1.27. The van der Waals surface area contributed by atoms with Gasteiger partial charge in [-0.3, -0.25) is 15.1 Å². The molecule has 6 rings (SSSR count). The van der Waals surface area contributed by atoms with Gasteiger partial charge < -0.3 is 20.3 Å². The van der Waals surface area contributed by atoms with Crippen LogP contribution in [0.4, 0.5) is 16.2 Å². The summed E-state index contributed by atoms with van der Waals surface area (Å²) in [6.45, 7) is 3.16. The average molecular weight is 656 g/mol. The van der Waals surface area contributed by atoms with Crippen LogP contribution in [0, 0.1) is 0 Å². The van der Waals surface area contributed by atoms with Gasteiger partial charge in [0.25, 0.3) is 0 Å². The van der Waals surface area contributed by atoms with Crippen LogP contribution in [0.2, 0.25) is 5.02 Å². The highest BCUT2D eigenvalue weighted by molar-refractivity contribution is 6.30. The first-order valence-corrected chi connectivity index (χ1v) is 16.3. The summed E-state index contributed by atoms with van der Waals surface area (Å²) in [5.74, 6) is -0.246. The molecule has 2 aromatic carbocycles. The summed E-state index contributed by atoms with van der Waals surface area (Å²) in [5.41, 5.74) is 5.68. The molecule has 0 spiro atoms. The van der Waals surface area contributed by atoms with E-state index in [1.165, 1.54) is 37.0 Å². The summed E-state index contributed by atoms with van der Waals surface area (Å²) >= 11 is 6.27. The molecule has 12 nitrogen and oxygen atoms in total. The molecule has 0 radical (unpaired) electrons. The van der Waals surface area contributed by atoms with Crippen molar-refractivity contribution in [1.29, 1.82) is 0 Å². The van der Waals surface area contributed by atoms with Crippen molar-refractivity contribution in [2.75, 3.05) is 37.4 Å². The van der Waals surface area contributed by atoms with Crippen LogP contribution >= 0.6 is 11.6 Å². The molecule has 4 heterocycles. The minimum absolute atomic E-state index is 0.212. The van der Waals surface area contributed by atoms with Crippen LogP contribution < -0.4 is 16.0 Å². The number of amides is 2. The van der Waals surface area contributed by atoms with Gasteiger partial charge in [-0.05, 0) is 103 Å². The minimum atomic E-state index is -0.521. The van der Waals surface area contributed by atoms with E-state index in [-0.39, 0.29) is 18.0 Å². The zero-order valence-electron chi connectivity index (χ0n) is 26.2. The van der Waals surface area contributed by atoms with Crippen molar-refractivity contribution in [3.63, 3.8) is 0 Å². The molecule has 2 amide bonds. The fraction of sp³-hybridized carbons (Fsp3) is 0.353. The third-order valence-corrected chi connectivity index (χ3v) is 8.78. The van der Waals surface area contributed by atoms with Crippen molar-refractivity contribution in [3.8, 4) is 16.8 Å². The van der Waals surface area contributed by atoms with Crippen molar-refractivity contribution in [2.24, 2.45) is 0 Å². The lowest BCUT2D eigenvalue weighted by molar-refractivity contribution is -0.117. The molecule has 4 aromatic rings. The molecule has 2 aliphatic rings. The van der Waals surface area contributed by atoms with E-state index in [0.29, 0.717) is 22.0 Å². The molecular formula is C34H38ClN9O3. The number of ether oxygens (including phenoxy) is 1. The van der Waals surface area contributed by atoms with Crippen molar-refractivity contribution in [3.05, 3.63) is 83.4 Å².